The Morgan fingerprint density at radius 1 is 0.559 bits per heavy atom. The summed E-state index contributed by atoms with van der Waals surface area (Å²) < 4.78 is 0. The molecule has 1 heterocycles. The molecule has 10 rings (SSSR count). The van der Waals surface area contributed by atoms with E-state index in [2.05, 4.69) is 177 Å². The number of hydrogen-bond donors (Lipinski definition) is 1. The molecule has 1 aliphatic carbocycles. The van der Waals surface area contributed by atoms with Gasteiger partial charge in [0.1, 0.15) is 0 Å². The Hall–Kier alpha value is -7.36. The molecule has 3 heteroatoms. The number of nitrogens with two attached hydrogens (primary N) is 1. The molecular formula is C56H43N3. The topological polar surface area (TPSA) is 51.3 Å². The van der Waals surface area contributed by atoms with Crippen LogP contribution in [-0.2, 0) is 12.0 Å². The number of hydrogen-bond acceptors (Lipinski definition) is 3. The smallest absolute Gasteiger partial charge is 0.0671 e. The van der Waals surface area contributed by atoms with Gasteiger partial charge in [-0.3, -0.25) is 9.98 Å². The van der Waals surface area contributed by atoms with Crippen molar-refractivity contribution in [3.8, 4) is 44.5 Å². The van der Waals surface area contributed by atoms with Gasteiger partial charge in [-0.25, -0.2) is 0 Å². The highest BCUT2D eigenvalue weighted by molar-refractivity contribution is 6.14. The first-order chi connectivity index (χ1) is 28.9. The lowest BCUT2D eigenvalue weighted by Crippen LogP contribution is -2.15. The first-order valence-electron chi connectivity index (χ1n) is 20.3. The molecule has 0 unspecified atom stereocenters. The maximum Gasteiger partial charge on any atom is 0.0671 e. The number of rotatable bonds is 8. The molecule has 0 radical (unpaired) electrons. The molecule has 1 aliphatic rings. The fraction of sp³-hybridized carbons (Fsp3) is 0.0714. The summed E-state index contributed by atoms with van der Waals surface area (Å²) in [5.74, 6) is 0. The lowest BCUT2D eigenvalue weighted by atomic mass is 9.80. The monoisotopic (exact) mass is 757 g/mol. The van der Waals surface area contributed by atoms with Crippen LogP contribution < -0.4 is 5.73 Å². The van der Waals surface area contributed by atoms with Gasteiger partial charge in [-0.15, -0.1) is 0 Å². The maximum atomic E-state index is 7.05. The predicted molar refractivity (Wildman–Crippen MR) is 248 cm³/mol. The third-order valence-corrected chi connectivity index (χ3v) is 12.0. The summed E-state index contributed by atoms with van der Waals surface area (Å²) in [5, 5.41) is 4.89. The summed E-state index contributed by atoms with van der Waals surface area (Å²) in [4.78, 5) is 9.41. The highest BCUT2D eigenvalue weighted by Gasteiger charge is 2.36. The Kier molecular flexibility index (Phi) is 9.07. The Balaban J connectivity index is 0.977. The lowest BCUT2D eigenvalue weighted by Gasteiger charge is -2.23. The molecule has 0 amide bonds. The van der Waals surface area contributed by atoms with Gasteiger partial charge in [0.15, 0.2) is 0 Å². The van der Waals surface area contributed by atoms with Crippen LogP contribution in [0, 0.1) is 0 Å². The minimum atomic E-state index is -0.0670. The van der Waals surface area contributed by atoms with Crippen molar-refractivity contribution in [2.45, 2.75) is 25.8 Å². The Morgan fingerprint density at radius 2 is 1.22 bits per heavy atom. The number of aromatic nitrogens is 1. The summed E-state index contributed by atoms with van der Waals surface area (Å²) in [6.45, 7) is 5.27. The first kappa shape index (κ1) is 36.0. The van der Waals surface area contributed by atoms with Gasteiger partial charge in [-0.1, -0.05) is 184 Å². The van der Waals surface area contributed by atoms with Crippen LogP contribution >= 0.6 is 0 Å². The van der Waals surface area contributed by atoms with E-state index in [1.165, 1.54) is 49.7 Å². The second-order valence-corrected chi connectivity index (χ2v) is 16.0. The zero-order chi connectivity index (χ0) is 39.9. The van der Waals surface area contributed by atoms with Crippen LogP contribution in [0.1, 0.15) is 41.7 Å². The van der Waals surface area contributed by atoms with Crippen LogP contribution in [0.25, 0.3) is 71.7 Å². The van der Waals surface area contributed by atoms with Crippen LogP contribution in [-0.4, -0.2) is 10.7 Å². The molecule has 0 saturated heterocycles. The molecule has 59 heavy (non-hydrogen) atoms. The minimum Gasteiger partial charge on any atom is -0.398 e. The summed E-state index contributed by atoms with van der Waals surface area (Å²) in [7, 11) is 0. The third kappa shape index (κ3) is 6.61. The van der Waals surface area contributed by atoms with Gasteiger partial charge in [0.25, 0.3) is 0 Å². The van der Waals surface area contributed by atoms with Gasteiger partial charge in [-0.05, 0) is 107 Å². The molecule has 3 nitrogen and oxygen atoms in total. The summed E-state index contributed by atoms with van der Waals surface area (Å²) in [5.41, 5.74) is 24.0. The van der Waals surface area contributed by atoms with Gasteiger partial charge < -0.3 is 5.73 Å². The Bertz CT molecular complexity index is 3070. The van der Waals surface area contributed by atoms with E-state index in [0.29, 0.717) is 12.2 Å². The molecule has 0 spiro atoms. The van der Waals surface area contributed by atoms with Crippen LogP contribution in [0.15, 0.2) is 205 Å². The quantitative estimate of drug-likeness (QED) is 0.157. The van der Waals surface area contributed by atoms with Crippen LogP contribution in [0.5, 0.6) is 0 Å². The molecular weight excluding hydrogens is 715 g/mol. The van der Waals surface area contributed by atoms with E-state index in [1.54, 1.807) is 6.20 Å². The standard InChI is InChI=1S/C56H43N3/c1-56(2)52-31-27-43(33-51(52)50-28-26-40-13-6-7-15-46(40)55(50)56)38-18-22-41(23-19-38)45-29-30-49(48-17-9-8-16-47(45)48)53(57)34-54(59-35-37-11-4-3-5-12-37)42-24-20-39(21-25-42)44-14-10-32-58-36-44/h3-34,36H,35,57H2,1-2H3/b53-34-,59-54?. The van der Waals surface area contributed by atoms with Crippen molar-refractivity contribution in [1.29, 1.82) is 0 Å². The Labute approximate surface area is 345 Å². The SMILES string of the molecule is CC1(C)c2ccc(-c3ccc(-c4ccc(/C(N)=C/C(=NCc5ccccc5)c5ccc(-c6cccnc6)cc5)c5ccccc45)cc3)cc2-c2ccc3ccccc3c21. The number of aliphatic imine (C=N–C) groups is 1. The van der Waals surface area contributed by atoms with Crippen molar-refractivity contribution >= 4 is 33.0 Å². The zero-order valence-electron chi connectivity index (χ0n) is 33.2. The summed E-state index contributed by atoms with van der Waals surface area (Å²) >= 11 is 0. The van der Waals surface area contributed by atoms with E-state index < -0.39 is 0 Å². The molecule has 9 aromatic rings. The average molecular weight is 758 g/mol. The van der Waals surface area contributed by atoms with Crippen LogP contribution in [0.3, 0.4) is 0 Å². The van der Waals surface area contributed by atoms with E-state index in [9.17, 15) is 0 Å². The van der Waals surface area contributed by atoms with Gasteiger partial charge in [0, 0.05) is 29.1 Å². The van der Waals surface area contributed by atoms with Crippen molar-refractivity contribution in [3.05, 3.63) is 228 Å². The zero-order valence-corrected chi connectivity index (χ0v) is 33.2. The fourth-order valence-corrected chi connectivity index (χ4v) is 9.01. The van der Waals surface area contributed by atoms with Crippen molar-refractivity contribution in [2.75, 3.05) is 0 Å². The van der Waals surface area contributed by atoms with Crippen molar-refractivity contribution in [3.63, 3.8) is 0 Å². The molecule has 282 valence electrons. The molecule has 2 N–H and O–H groups in total. The van der Waals surface area contributed by atoms with Crippen molar-refractivity contribution in [1.82, 2.24) is 4.98 Å². The number of benzene rings is 8. The number of pyridine rings is 1. The highest BCUT2D eigenvalue weighted by atomic mass is 14.7. The van der Waals surface area contributed by atoms with E-state index >= 15 is 0 Å². The maximum absolute atomic E-state index is 7.05. The first-order valence-corrected chi connectivity index (χ1v) is 20.3. The van der Waals surface area contributed by atoms with Crippen LogP contribution in [0.4, 0.5) is 0 Å². The van der Waals surface area contributed by atoms with Crippen molar-refractivity contribution in [2.24, 2.45) is 10.7 Å². The summed E-state index contributed by atoms with van der Waals surface area (Å²) in [6, 6.07) is 65.1. The summed E-state index contributed by atoms with van der Waals surface area (Å²) in [6.07, 6.45) is 5.70. The fourth-order valence-electron chi connectivity index (χ4n) is 9.01. The van der Waals surface area contributed by atoms with E-state index in [1.807, 2.05) is 36.5 Å². The van der Waals surface area contributed by atoms with E-state index in [4.69, 9.17) is 10.7 Å². The van der Waals surface area contributed by atoms with Crippen LogP contribution in [0.2, 0.25) is 0 Å². The van der Waals surface area contributed by atoms with Gasteiger partial charge in [-0.2, -0.15) is 0 Å². The molecule has 0 saturated carbocycles. The lowest BCUT2D eigenvalue weighted by molar-refractivity contribution is 0.666. The predicted octanol–water partition coefficient (Wildman–Crippen LogP) is 13.7. The molecule has 0 fully saturated rings. The highest BCUT2D eigenvalue weighted by Crippen LogP contribution is 2.52. The second-order valence-electron chi connectivity index (χ2n) is 16.0. The molecule has 0 aliphatic heterocycles. The van der Waals surface area contributed by atoms with Gasteiger partial charge >= 0.3 is 0 Å². The van der Waals surface area contributed by atoms with Gasteiger partial charge in [0.2, 0.25) is 0 Å². The molecule has 8 aromatic carbocycles. The minimum absolute atomic E-state index is 0.0670. The van der Waals surface area contributed by atoms with Gasteiger partial charge in [0.05, 0.1) is 12.3 Å². The van der Waals surface area contributed by atoms with E-state index in [-0.39, 0.29) is 5.41 Å². The molecule has 0 bridgehead atoms. The average Bonchev–Trinajstić information content (AvgIpc) is 3.53. The number of fused-ring (bicyclic) bond motifs is 6. The Morgan fingerprint density at radius 3 is 2.00 bits per heavy atom. The number of nitrogens with zero attached hydrogens (tertiary/aromatic N) is 2. The molecule has 0 atom stereocenters. The molecule has 1 aromatic heterocycles. The van der Waals surface area contributed by atoms with Crippen molar-refractivity contribution < 1.29 is 0 Å². The third-order valence-electron chi connectivity index (χ3n) is 12.0. The van der Waals surface area contributed by atoms with E-state index in [0.717, 1.165) is 49.9 Å². The number of allylic oxidation sites excluding steroid dienone is 1. The largest absolute Gasteiger partial charge is 0.398 e. The normalized spacial score (nSPS) is 13.4. The second kappa shape index (κ2) is 14.9.